The van der Waals surface area contributed by atoms with Crippen molar-refractivity contribution in [3.8, 4) is 0 Å². The van der Waals surface area contributed by atoms with E-state index in [-0.39, 0.29) is 12.0 Å². The molecule has 0 radical (unpaired) electrons. The number of hydrogen-bond donors (Lipinski definition) is 2. The minimum Gasteiger partial charge on any atom is -0.394 e. The lowest BCUT2D eigenvalue weighted by atomic mass is 10.2. The third-order valence-electron chi connectivity index (χ3n) is 3.23. The summed E-state index contributed by atoms with van der Waals surface area (Å²) >= 11 is 0. The van der Waals surface area contributed by atoms with Crippen LogP contribution in [0.3, 0.4) is 0 Å². The van der Waals surface area contributed by atoms with E-state index in [0.29, 0.717) is 17.5 Å². The van der Waals surface area contributed by atoms with Gasteiger partial charge in [0.2, 0.25) is 0 Å². The predicted molar refractivity (Wildman–Crippen MR) is 65.4 cm³/mol. The summed E-state index contributed by atoms with van der Waals surface area (Å²) in [6, 6.07) is 6.06. The van der Waals surface area contributed by atoms with Crippen LogP contribution < -0.4 is 5.43 Å². The van der Waals surface area contributed by atoms with E-state index in [4.69, 9.17) is 9.84 Å². The van der Waals surface area contributed by atoms with Gasteiger partial charge in [-0.2, -0.15) is 0 Å². The van der Waals surface area contributed by atoms with Crippen molar-refractivity contribution in [1.82, 2.24) is 15.0 Å². The highest BCUT2D eigenvalue weighted by molar-refractivity contribution is 5.73. The van der Waals surface area contributed by atoms with E-state index in [1.54, 1.807) is 12.1 Å². The van der Waals surface area contributed by atoms with Gasteiger partial charge < -0.3 is 14.9 Å². The molecule has 0 amide bonds. The fraction of sp³-hybridized carbons (Fsp3) is 0.417. The summed E-state index contributed by atoms with van der Waals surface area (Å²) in [5.74, 6) is 0. The molecule has 100 valence electrons. The first-order chi connectivity index (χ1) is 9.19. The summed E-state index contributed by atoms with van der Waals surface area (Å²) < 4.78 is 7.04. The zero-order valence-electron chi connectivity index (χ0n) is 10.0. The monoisotopic (exact) mass is 263 g/mol. The van der Waals surface area contributed by atoms with Crippen molar-refractivity contribution < 1.29 is 14.9 Å². The Morgan fingerprint density at radius 3 is 2.89 bits per heavy atom. The number of ether oxygens (including phenoxy) is 1. The maximum absolute atomic E-state index is 11.3. The number of aliphatic hydroxyl groups excluding tert-OH is 2. The Kier molecular flexibility index (Phi) is 3.02. The molecule has 2 N–H and O–H groups in total. The summed E-state index contributed by atoms with van der Waals surface area (Å²) in [5, 5.41) is 26.8. The van der Waals surface area contributed by atoms with Gasteiger partial charge in [-0.05, 0) is 24.3 Å². The lowest BCUT2D eigenvalue weighted by molar-refractivity contribution is -0.0474. The third-order valence-corrected chi connectivity index (χ3v) is 3.23. The maximum Gasteiger partial charge on any atom is 0.178 e. The first-order valence-corrected chi connectivity index (χ1v) is 5.98. The molecule has 1 aromatic heterocycles. The fourth-order valence-electron chi connectivity index (χ4n) is 2.21. The topological polar surface area (TPSA) is 97.5 Å². The Bertz CT molecular complexity index is 657. The van der Waals surface area contributed by atoms with Crippen LogP contribution in [0.15, 0.2) is 29.1 Å². The first kappa shape index (κ1) is 12.2. The molecule has 2 heterocycles. The number of aliphatic hydroxyl groups is 2. The fourth-order valence-corrected chi connectivity index (χ4v) is 2.21. The van der Waals surface area contributed by atoms with Crippen LogP contribution in [0, 0.1) is 0 Å². The lowest BCUT2D eigenvalue weighted by Crippen LogP contribution is -2.24. The van der Waals surface area contributed by atoms with Gasteiger partial charge >= 0.3 is 0 Å². The average Bonchev–Trinajstić information content (AvgIpc) is 2.92. The molecular formula is C12H13N3O4. The molecule has 3 atom stereocenters. The van der Waals surface area contributed by atoms with Gasteiger partial charge in [0.25, 0.3) is 0 Å². The van der Waals surface area contributed by atoms with Crippen LogP contribution in [0.5, 0.6) is 0 Å². The molecule has 1 saturated heterocycles. The minimum atomic E-state index is -0.734. The highest BCUT2D eigenvalue weighted by atomic mass is 16.5. The number of nitrogens with zero attached hydrogens (tertiary/aromatic N) is 3. The predicted octanol–water partition coefficient (Wildman–Crippen LogP) is -0.568. The summed E-state index contributed by atoms with van der Waals surface area (Å²) in [5.41, 5.74) is 1.11. The summed E-state index contributed by atoms with van der Waals surface area (Å²) in [4.78, 5) is 11.3. The number of hydrogen-bond acceptors (Lipinski definition) is 6. The SMILES string of the molecule is O=c1ccc2nnn([C@@H]3C[C@H](O)[C@@H](CO)O3)c2cc1. The normalized spacial score (nSPS) is 26.9. The molecule has 1 aliphatic heterocycles. The maximum atomic E-state index is 11.3. The van der Waals surface area contributed by atoms with Crippen molar-refractivity contribution in [1.29, 1.82) is 0 Å². The van der Waals surface area contributed by atoms with Crippen molar-refractivity contribution >= 4 is 11.0 Å². The van der Waals surface area contributed by atoms with Crippen molar-refractivity contribution in [2.24, 2.45) is 0 Å². The van der Waals surface area contributed by atoms with Gasteiger partial charge in [-0.15, -0.1) is 5.10 Å². The minimum absolute atomic E-state index is 0.120. The molecule has 0 bridgehead atoms. The van der Waals surface area contributed by atoms with E-state index < -0.39 is 18.4 Å². The Morgan fingerprint density at radius 1 is 1.37 bits per heavy atom. The molecular weight excluding hydrogens is 250 g/mol. The van der Waals surface area contributed by atoms with Crippen molar-refractivity contribution in [3.05, 3.63) is 34.5 Å². The zero-order chi connectivity index (χ0) is 13.4. The van der Waals surface area contributed by atoms with Crippen LogP contribution in [0.1, 0.15) is 12.6 Å². The van der Waals surface area contributed by atoms with Crippen LogP contribution in [-0.4, -0.2) is 44.0 Å². The van der Waals surface area contributed by atoms with Crippen LogP contribution >= 0.6 is 0 Å². The summed E-state index contributed by atoms with van der Waals surface area (Å²) in [6.07, 6.45) is -1.51. The van der Waals surface area contributed by atoms with E-state index in [1.807, 2.05) is 0 Å². The molecule has 0 spiro atoms. The average molecular weight is 263 g/mol. The Labute approximate surface area is 108 Å². The van der Waals surface area contributed by atoms with Gasteiger partial charge in [-0.25, -0.2) is 4.68 Å². The van der Waals surface area contributed by atoms with Crippen molar-refractivity contribution in [2.75, 3.05) is 6.61 Å². The molecule has 1 aliphatic rings. The molecule has 0 saturated carbocycles. The first-order valence-electron chi connectivity index (χ1n) is 5.98. The smallest absolute Gasteiger partial charge is 0.178 e. The molecule has 7 nitrogen and oxygen atoms in total. The molecule has 2 aromatic rings. The molecule has 7 heteroatoms. The van der Waals surface area contributed by atoms with Crippen LogP contribution in [0.25, 0.3) is 11.0 Å². The quantitative estimate of drug-likeness (QED) is 0.753. The Balaban J connectivity index is 2.03. The second-order valence-electron chi connectivity index (χ2n) is 4.49. The second-order valence-corrected chi connectivity index (χ2v) is 4.49. The highest BCUT2D eigenvalue weighted by Gasteiger charge is 2.35. The Morgan fingerprint density at radius 2 is 2.16 bits per heavy atom. The van der Waals surface area contributed by atoms with Gasteiger partial charge in [0, 0.05) is 6.42 Å². The van der Waals surface area contributed by atoms with Gasteiger partial charge in [0.1, 0.15) is 11.6 Å². The summed E-state index contributed by atoms with van der Waals surface area (Å²) in [6.45, 7) is -0.247. The van der Waals surface area contributed by atoms with Gasteiger partial charge in [-0.3, -0.25) is 4.79 Å². The highest BCUT2D eigenvalue weighted by Crippen LogP contribution is 2.29. The van der Waals surface area contributed by atoms with E-state index in [0.717, 1.165) is 0 Å². The zero-order valence-corrected chi connectivity index (χ0v) is 10.0. The van der Waals surface area contributed by atoms with E-state index >= 15 is 0 Å². The number of rotatable bonds is 2. The Hall–Kier alpha value is -1.83. The molecule has 0 unspecified atom stereocenters. The molecule has 1 aromatic carbocycles. The number of fused-ring (bicyclic) bond motifs is 1. The molecule has 3 rings (SSSR count). The van der Waals surface area contributed by atoms with Gasteiger partial charge in [0.05, 0.1) is 18.2 Å². The number of aromatic nitrogens is 3. The van der Waals surface area contributed by atoms with Gasteiger partial charge in [0.15, 0.2) is 11.7 Å². The van der Waals surface area contributed by atoms with Gasteiger partial charge in [-0.1, -0.05) is 5.21 Å². The van der Waals surface area contributed by atoms with Crippen molar-refractivity contribution in [3.63, 3.8) is 0 Å². The van der Waals surface area contributed by atoms with E-state index in [1.165, 1.54) is 16.8 Å². The summed E-state index contributed by atoms with van der Waals surface area (Å²) in [7, 11) is 0. The largest absolute Gasteiger partial charge is 0.394 e. The van der Waals surface area contributed by atoms with Crippen molar-refractivity contribution in [2.45, 2.75) is 24.9 Å². The van der Waals surface area contributed by atoms with Crippen LogP contribution in [0.2, 0.25) is 0 Å². The van der Waals surface area contributed by atoms with Crippen LogP contribution in [-0.2, 0) is 4.74 Å². The van der Waals surface area contributed by atoms with Crippen LogP contribution in [0.4, 0.5) is 0 Å². The molecule has 1 fully saturated rings. The standard InChI is InChI=1S/C12H13N3O4/c16-6-11-10(18)5-12(19-11)15-9-4-2-7(17)1-3-8(9)13-14-15/h1-4,10-12,16,18H,5-6H2/t10-,11+,12-/m0/s1. The third kappa shape index (κ3) is 2.12. The lowest BCUT2D eigenvalue weighted by Gasteiger charge is -2.12. The van der Waals surface area contributed by atoms with E-state index in [9.17, 15) is 9.90 Å². The van der Waals surface area contributed by atoms with E-state index in [2.05, 4.69) is 10.3 Å². The second kappa shape index (κ2) is 4.69. The molecule has 19 heavy (non-hydrogen) atoms. The molecule has 0 aliphatic carbocycles.